The standard InChI is InChI=1S/C29H33ClFN7O4/c1-6-25(40)34-23-9-7-8-10-24(23)35-26-21(30)17-33-27(37-26)36-22-12-11-20(15-19(22)16-31)38(18(2)39)14-13-32-28(41)42-29(3,4)5/h6-12,15,17H,1,13-14,16H2,2-5H3,(H,32,41)(H,34,40)(H2,33,35,36,37). The minimum absolute atomic E-state index is 0.127. The number of benzene rings is 2. The number of aromatic nitrogens is 2. The predicted octanol–water partition coefficient (Wildman–Crippen LogP) is 6.09. The van der Waals surface area contributed by atoms with Gasteiger partial charge in [-0.2, -0.15) is 4.98 Å². The van der Waals surface area contributed by atoms with E-state index in [0.717, 1.165) is 6.08 Å². The van der Waals surface area contributed by atoms with Crippen LogP contribution < -0.4 is 26.2 Å². The number of rotatable bonds is 11. The molecule has 0 aliphatic carbocycles. The average molecular weight is 598 g/mol. The second-order valence-electron chi connectivity index (χ2n) is 9.95. The van der Waals surface area contributed by atoms with E-state index in [0.29, 0.717) is 22.7 Å². The van der Waals surface area contributed by atoms with E-state index in [2.05, 4.69) is 37.8 Å². The number of hydrogen-bond acceptors (Lipinski definition) is 8. The van der Waals surface area contributed by atoms with Crippen molar-refractivity contribution < 1.29 is 23.5 Å². The van der Waals surface area contributed by atoms with Crippen molar-refractivity contribution in [3.63, 3.8) is 0 Å². The van der Waals surface area contributed by atoms with Crippen molar-refractivity contribution in [3.8, 4) is 0 Å². The molecule has 0 spiro atoms. The van der Waals surface area contributed by atoms with Gasteiger partial charge in [-0.1, -0.05) is 30.3 Å². The summed E-state index contributed by atoms with van der Waals surface area (Å²) >= 11 is 6.32. The third-order valence-electron chi connectivity index (χ3n) is 5.54. The molecule has 0 aliphatic heterocycles. The van der Waals surface area contributed by atoms with E-state index in [1.165, 1.54) is 24.1 Å². The maximum Gasteiger partial charge on any atom is 0.407 e. The summed E-state index contributed by atoms with van der Waals surface area (Å²) in [6.45, 7) is 9.53. The number of alkyl carbamates (subject to hydrolysis) is 1. The van der Waals surface area contributed by atoms with Crippen LogP contribution in [0.15, 0.2) is 61.3 Å². The normalized spacial score (nSPS) is 10.8. The van der Waals surface area contributed by atoms with Crippen LogP contribution in [0.2, 0.25) is 5.02 Å². The quantitative estimate of drug-likeness (QED) is 0.195. The highest BCUT2D eigenvalue weighted by molar-refractivity contribution is 6.33. The fraction of sp³-hybridized carbons (Fsp3) is 0.276. The highest BCUT2D eigenvalue weighted by Crippen LogP contribution is 2.31. The zero-order chi connectivity index (χ0) is 30.9. The van der Waals surface area contributed by atoms with Gasteiger partial charge in [-0.3, -0.25) is 9.59 Å². The Morgan fingerprint density at radius 1 is 1.10 bits per heavy atom. The third kappa shape index (κ3) is 9.16. The molecule has 0 radical (unpaired) electrons. The van der Waals surface area contributed by atoms with Gasteiger partial charge < -0.3 is 30.9 Å². The van der Waals surface area contributed by atoms with Crippen molar-refractivity contribution in [2.75, 3.05) is 33.9 Å². The predicted molar refractivity (Wildman–Crippen MR) is 162 cm³/mol. The molecule has 0 bridgehead atoms. The molecule has 0 saturated heterocycles. The Balaban J connectivity index is 1.77. The van der Waals surface area contributed by atoms with E-state index in [4.69, 9.17) is 16.3 Å². The molecule has 42 heavy (non-hydrogen) atoms. The number of nitrogens with one attached hydrogen (secondary N) is 4. The minimum atomic E-state index is -0.840. The number of para-hydroxylation sites is 2. The Bertz CT molecular complexity index is 1460. The van der Waals surface area contributed by atoms with Gasteiger partial charge in [-0.25, -0.2) is 14.2 Å². The summed E-state index contributed by atoms with van der Waals surface area (Å²) in [5.74, 6) is -0.298. The molecule has 3 amide bonds. The maximum absolute atomic E-state index is 14.1. The molecule has 3 rings (SSSR count). The first-order valence-electron chi connectivity index (χ1n) is 12.9. The van der Waals surface area contributed by atoms with Crippen LogP contribution in [-0.2, 0) is 21.0 Å². The molecule has 11 nitrogen and oxygen atoms in total. The lowest BCUT2D eigenvalue weighted by molar-refractivity contribution is -0.116. The molecular weight excluding hydrogens is 565 g/mol. The molecule has 1 aromatic heterocycles. The molecule has 0 aliphatic rings. The molecular formula is C29H33ClFN7O4. The number of carbonyl (C=O) groups excluding carboxylic acids is 3. The lowest BCUT2D eigenvalue weighted by Gasteiger charge is -2.24. The van der Waals surface area contributed by atoms with E-state index in [1.807, 2.05) is 0 Å². The smallest absolute Gasteiger partial charge is 0.407 e. The van der Waals surface area contributed by atoms with E-state index in [1.54, 1.807) is 57.2 Å². The van der Waals surface area contributed by atoms with Crippen molar-refractivity contribution in [2.24, 2.45) is 0 Å². The number of anilines is 6. The average Bonchev–Trinajstić information content (AvgIpc) is 2.93. The number of halogens is 2. The molecule has 2 aromatic carbocycles. The zero-order valence-electron chi connectivity index (χ0n) is 23.8. The summed E-state index contributed by atoms with van der Waals surface area (Å²) < 4.78 is 19.3. The summed E-state index contributed by atoms with van der Waals surface area (Å²) in [6.07, 6.45) is 1.93. The van der Waals surface area contributed by atoms with E-state index >= 15 is 0 Å². The lowest BCUT2D eigenvalue weighted by atomic mass is 10.1. The van der Waals surface area contributed by atoms with Crippen LogP contribution in [0.3, 0.4) is 0 Å². The molecule has 222 valence electrons. The summed E-state index contributed by atoms with van der Waals surface area (Å²) in [4.78, 5) is 46.1. The molecule has 1 heterocycles. The van der Waals surface area contributed by atoms with Gasteiger partial charge >= 0.3 is 6.09 Å². The van der Waals surface area contributed by atoms with Crippen molar-refractivity contribution in [1.29, 1.82) is 0 Å². The monoisotopic (exact) mass is 597 g/mol. The minimum Gasteiger partial charge on any atom is -0.444 e. The first kappa shape index (κ1) is 31.8. The Morgan fingerprint density at radius 3 is 2.45 bits per heavy atom. The fourth-order valence-electron chi connectivity index (χ4n) is 3.68. The molecule has 0 saturated carbocycles. The van der Waals surface area contributed by atoms with Crippen LogP contribution in [-0.4, -0.2) is 46.6 Å². The summed E-state index contributed by atoms with van der Waals surface area (Å²) in [6, 6.07) is 11.7. The molecule has 0 fully saturated rings. The van der Waals surface area contributed by atoms with Gasteiger partial charge in [0.2, 0.25) is 17.8 Å². The summed E-state index contributed by atoms with van der Waals surface area (Å²) in [5, 5.41) is 11.6. The van der Waals surface area contributed by atoms with Crippen LogP contribution in [0.4, 0.5) is 43.7 Å². The molecule has 13 heteroatoms. The van der Waals surface area contributed by atoms with Gasteiger partial charge in [0.25, 0.3) is 0 Å². The van der Waals surface area contributed by atoms with Crippen LogP contribution >= 0.6 is 11.6 Å². The van der Waals surface area contributed by atoms with Crippen LogP contribution in [0.25, 0.3) is 0 Å². The Morgan fingerprint density at radius 2 is 1.81 bits per heavy atom. The van der Waals surface area contributed by atoms with Gasteiger partial charge in [0, 0.05) is 37.0 Å². The maximum atomic E-state index is 14.1. The third-order valence-corrected chi connectivity index (χ3v) is 5.82. The second-order valence-corrected chi connectivity index (χ2v) is 10.4. The van der Waals surface area contributed by atoms with Crippen molar-refractivity contribution in [1.82, 2.24) is 15.3 Å². The Labute approximate surface area is 248 Å². The van der Waals surface area contributed by atoms with Crippen LogP contribution in [0.5, 0.6) is 0 Å². The van der Waals surface area contributed by atoms with Crippen molar-refractivity contribution in [2.45, 2.75) is 40.0 Å². The molecule has 4 N–H and O–H groups in total. The largest absolute Gasteiger partial charge is 0.444 e. The molecule has 3 aromatic rings. The highest BCUT2D eigenvalue weighted by atomic mass is 35.5. The first-order chi connectivity index (χ1) is 19.9. The highest BCUT2D eigenvalue weighted by Gasteiger charge is 2.18. The zero-order valence-corrected chi connectivity index (χ0v) is 24.5. The number of nitrogens with zero attached hydrogens (tertiary/aromatic N) is 3. The van der Waals surface area contributed by atoms with Gasteiger partial charge in [0.15, 0.2) is 5.82 Å². The second kappa shape index (κ2) is 14.3. The first-order valence-corrected chi connectivity index (χ1v) is 13.3. The van der Waals surface area contributed by atoms with Gasteiger partial charge in [0.05, 0.1) is 17.6 Å². The number of carbonyl (C=O) groups is 3. The van der Waals surface area contributed by atoms with Gasteiger partial charge in [-0.05, 0) is 57.2 Å². The number of amides is 3. The number of hydrogen-bond donors (Lipinski definition) is 4. The lowest BCUT2D eigenvalue weighted by Crippen LogP contribution is -2.39. The summed E-state index contributed by atoms with van der Waals surface area (Å²) in [7, 11) is 0. The van der Waals surface area contributed by atoms with Gasteiger partial charge in [0.1, 0.15) is 17.3 Å². The fourth-order valence-corrected chi connectivity index (χ4v) is 3.82. The SMILES string of the molecule is C=CC(=O)Nc1ccccc1Nc1nc(Nc2ccc(N(CCNC(=O)OC(C)(C)C)C(C)=O)cc2CF)ncc1Cl. The van der Waals surface area contributed by atoms with Crippen molar-refractivity contribution >= 4 is 64.0 Å². The van der Waals surface area contributed by atoms with Gasteiger partial charge in [-0.15, -0.1) is 0 Å². The van der Waals surface area contributed by atoms with E-state index < -0.39 is 18.4 Å². The van der Waals surface area contributed by atoms with E-state index in [9.17, 15) is 18.8 Å². The van der Waals surface area contributed by atoms with Crippen LogP contribution in [0.1, 0.15) is 33.3 Å². The van der Waals surface area contributed by atoms with Crippen molar-refractivity contribution in [3.05, 3.63) is 71.9 Å². The Hall–Kier alpha value is -4.71. The van der Waals surface area contributed by atoms with E-state index in [-0.39, 0.29) is 47.3 Å². The molecule has 0 unspecified atom stereocenters. The van der Waals surface area contributed by atoms with Crippen LogP contribution in [0, 0.1) is 0 Å². The topological polar surface area (TPSA) is 138 Å². The summed E-state index contributed by atoms with van der Waals surface area (Å²) in [5.41, 5.74) is 1.44. The Kier molecular flexibility index (Phi) is 10.8. The molecule has 0 atom stereocenters. The number of alkyl halides is 1. The number of ether oxygens (including phenoxy) is 1.